The van der Waals surface area contributed by atoms with Crippen molar-refractivity contribution >= 4 is 5.91 Å². The molecule has 1 amide bonds. The van der Waals surface area contributed by atoms with Crippen molar-refractivity contribution in [2.75, 3.05) is 27.3 Å². The molecular formula is C27H33N3O5. The van der Waals surface area contributed by atoms with Crippen LogP contribution in [0.25, 0.3) is 0 Å². The lowest BCUT2D eigenvalue weighted by Crippen LogP contribution is -2.40. The Kier molecular flexibility index (Phi) is 8.62. The first-order valence-electron chi connectivity index (χ1n) is 11.9. The highest BCUT2D eigenvalue weighted by atomic mass is 16.5. The number of para-hydroxylation sites is 1. The van der Waals surface area contributed by atoms with Gasteiger partial charge in [0, 0.05) is 19.0 Å². The summed E-state index contributed by atoms with van der Waals surface area (Å²) in [6.07, 6.45) is 2.20. The number of nitrogens with one attached hydrogen (secondary N) is 2. The Labute approximate surface area is 205 Å². The second-order valence-electron chi connectivity index (χ2n) is 8.77. The van der Waals surface area contributed by atoms with Gasteiger partial charge in [-0.15, -0.1) is 0 Å². The molecule has 4 rings (SSSR count). The Bertz CT molecular complexity index is 1090. The topological polar surface area (TPSA) is 94.9 Å². The van der Waals surface area contributed by atoms with Gasteiger partial charge in [-0.3, -0.25) is 4.79 Å². The van der Waals surface area contributed by atoms with Crippen molar-refractivity contribution in [1.82, 2.24) is 15.8 Å². The summed E-state index contributed by atoms with van der Waals surface area (Å²) in [5, 5.41) is 10.7. The van der Waals surface area contributed by atoms with Gasteiger partial charge in [-0.2, -0.15) is 0 Å². The Morgan fingerprint density at radius 2 is 1.91 bits per heavy atom. The lowest BCUT2D eigenvalue weighted by molar-refractivity contribution is -0.122. The molecular weight excluding hydrogens is 446 g/mol. The van der Waals surface area contributed by atoms with E-state index < -0.39 is 0 Å². The molecule has 186 valence electrons. The fourth-order valence-corrected chi connectivity index (χ4v) is 4.45. The van der Waals surface area contributed by atoms with Gasteiger partial charge in [0.25, 0.3) is 0 Å². The van der Waals surface area contributed by atoms with Crippen LogP contribution in [0.4, 0.5) is 0 Å². The minimum absolute atomic E-state index is 0.0498. The van der Waals surface area contributed by atoms with Gasteiger partial charge in [-0.05, 0) is 67.6 Å². The van der Waals surface area contributed by atoms with Crippen LogP contribution in [0.5, 0.6) is 17.2 Å². The predicted molar refractivity (Wildman–Crippen MR) is 131 cm³/mol. The van der Waals surface area contributed by atoms with Gasteiger partial charge in [0.1, 0.15) is 12.4 Å². The summed E-state index contributed by atoms with van der Waals surface area (Å²) in [6, 6.07) is 17.2. The van der Waals surface area contributed by atoms with E-state index >= 15 is 0 Å². The van der Waals surface area contributed by atoms with Gasteiger partial charge in [0.05, 0.1) is 19.9 Å². The fraction of sp³-hybridized carbons (Fsp3) is 0.407. The van der Waals surface area contributed by atoms with E-state index in [1.807, 2.05) is 54.6 Å². The minimum atomic E-state index is 0.0498. The number of methoxy groups -OCH3 is 2. The summed E-state index contributed by atoms with van der Waals surface area (Å²) in [4.78, 5) is 12.7. The van der Waals surface area contributed by atoms with Crippen LogP contribution in [0.3, 0.4) is 0 Å². The standard InChI is InChI=1S/C27H33N3O5/c1-32-25-9-8-19(12-26(25)33-2)16-29-27(31)14-20-10-11-28-17-21(20)13-22-15-24(35-30-22)18-34-23-6-4-3-5-7-23/h3-9,12,15,20-21,28H,10-11,13-14,16-18H2,1-2H3,(H,29,31)/t20-,21-/m0/s1. The number of amides is 1. The van der Waals surface area contributed by atoms with Crippen LogP contribution < -0.4 is 24.8 Å². The molecule has 8 nitrogen and oxygen atoms in total. The van der Waals surface area contributed by atoms with E-state index in [2.05, 4.69) is 15.8 Å². The molecule has 0 radical (unpaired) electrons. The van der Waals surface area contributed by atoms with Crippen LogP contribution in [0.15, 0.2) is 59.1 Å². The van der Waals surface area contributed by atoms with Crippen LogP contribution in [-0.2, 0) is 24.4 Å². The first-order valence-corrected chi connectivity index (χ1v) is 11.9. The Balaban J connectivity index is 1.28. The summed E-state index contributed by atoms with van der Waals surface area (Å²) in [6.45, 7) is 2.56. The van der Waals surface area contributed by atoms with Crippen molar-refractivity contribution in [2.24, 2.45) is 11.8 Å². The van der Waals surface area contributed by atoms with Crippen molar-refractivity contribution in [3.05, 3.63) is 71.6 Å². The zero-order chi connectivity index (χ0) is 24.5. The number of carbonyl (C=O) groups excluding carboxylic acids is 1. The molecule has 1 fully saturated rings. The average molecular weight is 480 g/mol. The summed E-state index contributed by atoms with van der Waals surface area (Å²) >= 11 is 0. The van der Waals surface area contributed by atoms with Crippen molar-refractivity contribution in [3.63, 3.8) is 0 Å². The number of aromatic nitrogens is 1. The molecule has 0 bridgehead atoms. The molecule has 0 spiro atoms. The van der Waals surface area contributed by atoms with Crippen LogP contribution >= 0.6 is 0 Å². The molecule has 1 saturated heterocycles. The molecule has 2 atom stereocenters. The first-order chi connectivity index (χ1) is 17.1. The molecule has 2 N–H and O–H groups in total. The van der Waals surface area contributed by atoms with Crippen molar-refractivity contribution in [1.29, 1.82) is 0 Å². The summed E-state index contributed by atoms with van der Waals surface area (Å²) in [5.74, 6) is 3.44. The average Bonchev–Trinajstić information content (AvgIpc) is 3.35. The van der Waals surface area contributed by atoms with Gasteiger partial charge >= 0.3 is 0 Å². The third kappa shape index (κ3) is 6.99. The number of rotatable bonds is 11. The lowest BCUT2D eigenvalue weighted by atomic mass is 9.81. The molecule has 8 heteroatoms. The third-order valence-electron chi connectivity index (χ3n) is 6.35. The number of piperidine rings is 1. The monoisotopic (exact) mass is 479 g/mol. The summed E-state index contributed by atoms with van der Waals surface area (Å²) in [7, 11) is 3.21. The second kappa shape index (κ2) is 12.3. The van der Waals surface area contributed by atoms with Crippen molar-refractivity contribution in [2.45, 2.75) is 32.4 Å². The van der Waals surface area contributed by atoms with E-state index in [0.717, 1.165) is 42.9 Å². The molecule has 35 heavy (non-hydrogen) atoms. The molecule has 0 aliphatic carbocycles. The zero-order valence-electron chi connectivity index (χ0n) is 20.3. The molecule has 2 heterocycles. The largest absolute Gasteiger partial charge is 0.493 e. The lowest BCUT2D eigenvalue weighted by Gasteiger charge is -2.31. The SMILES string of the molecule is COc1ccc(CNC(=O)C[C@@H]2CCNC[C@@H]2Cc2cc(COc3ccccc3)on2)cc1OC. The number of hydrogen-bond donors (Lipinski definition) is 2. The second-order valence-corrected chi connectivity index (χ2v) is 8.77. The van der Waals surface area contributed by atoms with Crippen LogP contribution in [0, 0.1) is 11.8 Å². The quantitative estimate of drug-likeness (QED) is 0.433. The van der Waals surface area contributed by atoms with Gasteiger partial charge < -0.3 is 29.4 Å². The molecule has 0 saturated carbocycles. The number of carbonyl (C=O) groups is 1. The van der Waals surface area contributed by atoms with E-state index in [-0.39, 0.29) is 11.8 Å². The van der Waals surface area contributed by atoms with E-state index in [9.17, 15) is 4.79 Å². The van der Waals surface area contributed by atoms with Gasteiger partial charge in [-0.1, -0.05) is 29.4 Å². The number of nitrogens with zero attached hydrogens (tertiary/aromatic N) is 1. The Morgan fingerprint density at radius 1 is 1.09 bits per heavy atom. The smallest absolute Gasteiger partial charge is 0.220 e. The van der Waals surface area contributed by atoms with Crippen molar-refractivity contribution < 1.29 is 23.5 Å². The highest BCUT2D eigenvalue weighted by Crippen LogP contribution is 2.28. The van der Waals surface area contributed by atoms with Gasteiger partial charge in [0.15, 0.2) is 17.3 Å². The van der Waals surface area contributed by atoms with E-state index in [1.165, 1.54) is 0 Å². The van der Waals surface area contributed by atoms with E-state index in [1.54, 1.807) is 14.2 Å². The van der Waals surface area contributed by atoms with Crippen LogP contribution in [0.2, 0.25) is 0 Å². The molecule has 2 aromatic carbocycles. The van der Waals surface area contributed by atoms with E-state index in [4.69, 9.17) is 18.7 Å². The highest BCUT2D eigenvalue weighted by molar-refractivity contribution is 5.76. The maximum absolute atomic E-state index is 12.7. The normalized spacial score (nSPS) is 17.5. The van der Waals surface area contributed by atoms with Crippen LogP contribution in [-0.4, -0.2) is 38.4 Å². The molecule has 3 aromatic rings. The van der Waals surface area contributed by atoms with E-state index in [0.29, 0.717) is 42.7 Å². The number of hydrogen-bond acceptors (Lipinski definition) is 7. The first kappa shape index (κ1) is 24.6. The van der Waals surface area contributed by atoms with Gasteiger partial charge in [0.2, 0.25) is 5.91 Å². The van der Waals surface area contributed by atoms with Crippen LogP contribution in [0.1, 0.15) is 29.9 Å². The molecule has 1 aliphatic rings. The molecule has 1 aromatic heterocycles. The fourth-order valence-electron chi connectivity index (χ4n) is 4.45. The predicted octanol–water partition coefficient (Wildman–Crippen LogP) is 3.75. The number of benzene rings is 2. The Morgan fingerprint density at radius 3 is 2.71 bits per heavy atom. The zero-order valence-corrected chi connectivity index (χ0v) is 20.3. The molecule has 0 unspecified atom stereocenters. The summed E-state index contributed by atoms with van der Waals surface area (Å²) < 4.78 is 21.8. The van der Waals surface area contributed by atoms with Crippen molar-refractivity contribution in [3.8, 4) is 17.2 Å². The Hall–Kier alpha value is -3.52. The van der Waals surface area contributed by atoms with Gasteiger partial charge in [-0.25, -0.2) is 0 Å². The molecule has 1 aliphatic heterocycles. The minimum Gasteiger partial charge on any atom is -0.493 e. The number of ether oxygens (including phenoxy) is 3. The third-order valence-corrected chi connectivity index (χ3v) is 6.35. The summed E-state index contributed by atoms with van der Waals surface area (Å²) in [5.41, 5.74) is 1.85. The highest BCUT2D eigenvalue weighted by Gasteiger charge is 2.28. The maximum atomic E-state index is 12.7. The maximum Gasteiger partial charge on any atom is 0.220 e.